The summed E-state index contributed by atoms with van der Waals surface area (Å²) >= 11 is 3.11. The third-order valence-corrected chi connectivity index (χ3v) is 1.93. The first-order chi connectivity index (χ1) is 6.66. The number of oxazole rings is 1. The van der Waals surface area contributed by atoms with Crippen LogP contribution in [0.1, 0.15) is 10.6 Å². The molecule has 2 rings (SSSR count). The molecule has 0 aromatic carbocycles. The van der Waals surface area contributed by atoms with Crippen LogP contribution in [0.3, 0.4) is 0 Å². The number of halogens is 1. The van der Waals surface area contributed by atoms with Crippen LogP contribution in [0.2, 0.25) is 0 Å². The van der Waals surface area contributed by atoms with Crippen molar-refractivity contribution in [3.63, 3.8) is 0 Å². The van der Waals surface area contributed by atoms with Gasteiger partial charge in [-0.1, -0.05) is 0 Å². The molecule has 5 nitrogen and oxygen atoms in total. The first kappa shape index (κ1) is 9.01. The van der Waals surface area contributed by atoms with Crippen molar-refractivity contribution in [1.29, 1.82) is 0 Å². The molecule has 2 aromatic heterocycles. The number of hydrogen-bond acceptors (Lipinski definition) is 4. The van der Waals surface area contributed by atoms with Crippen LogP contribution in [0, 0.1) is 0 Å². The molecule has 1 N–H and O–H groups in total. The van der Waals surface area contributed by atoms with Gasteiger partial charge in [-0.05, 0) is 28.1 Å². The van der Waals surface area contributed by atoms with E-state index in [1.54, 1.807) is 12.1 Å². The topological polar surface area (TPSA) is 76.5 Å². The maximum Gasteiger partial charge on any atom is 0.373 e. The Balaban J connectivity index is 2.38. The summed E-state index contributed by atoms with van der Waals surface area (Å²) < 4.78 is 10.6. The molecule has 0 radical (unpaired) electrons. The fourth-order valence-corrected chi connectivity index (χ4v) is 1.22. The zero-order valence-corrected chi connectivity index (χ0v) is 8.32. The van der Waals surface area contributed by atoms with E-state index in [4.69, 9.17) is 13.9 Å². The van der Waals surface area contributed by atoms with Gasteiger partial charge in [-0.15, -0.1) is 0 Å². The van der Waals surface area contributed by atoms with E-state index >= 15 is 0 Å². The lowest BCUT2D eigenvalue weighted by Crippen LogP contribution is -1.91. The first-order valence-electron chi connectivity index (χ1n) is 3.61. The molecule has 0 bridgehead atoms. The standard InChI is InChI=1S/C8H4BrNO4/c9-6-2-1-4(13-6)7-10-3-5(14-7)8(11)12/h1-3H,(H,11,12). The molecule has 0 saturated carbocycles. The minimum atomic E-state index is -1.16. The van der Waals surface area contributed by atoms with Crippen molar-refractivity contribution in [2.75, 3.05) is 0 Å². The van der Waals surface area contributed by atoms with E-state index in [2.05, 4.69) is 20.9 Å². The average molecular weight is 258 g/mol. The predicted octanol–water partition coefficient (Wildman–Crippen LogP) is 2.40. The third kappa shape index (κ3) is 1.56. The van der Waals surface area contributed by atoms with E-state index < -0.39 is 5.97 Å². The molecule has 0 aliphatic rings. The monoisotopic (exact) mass is 257 g/mol. The summed E-state index contributed by atoms with van der Waals surface area (Å²) in [4.78, 5) is 14.2. The van der Waals surface area contributed by atoms with Crippen LogP contribution in [0.4, 0.5) is 0 Å². The van der Waals surface area contributed by atoms with Gasteiger partial charge < -0.3 is 13.9 Å². The van der Waals surface area contributed by atoms with E-state index in [1.807, 2.05) is 0 Å². The molecule has 0 unspecified atom stereocenters. The maximum atomic E-state index is 10.5. The highest BCUT2D eigenvalue weighted by Crippen LogP contribution is 2.24. The lowest BCUT2D eigenvalue weighted by Gasteiger charge is -1.86. The van der Waals surface area contributed by atoms with Gasteiger partial charge in [-0.25, -0.2) is 9.78 Å². The summed E-state index contributed by atoms with van der Waals surface area (Å²) in [6.45, 7) is 0. The second-order valence-corrected chi connectivity index (χ2v) is 3.22. The van der Waals surface area contributed by atoms with E-state index in [-0.39, 0.29) is 11.7 Å². The summed E-state index contributed by atoms with van der Waals surface area (Å²) in [7, 11) is 0. The number of carbonyl (C=O) groups is 1. The SMILES string of the molecule is O=C(O)c1cnc(-c2ccc(Br)o2)o1. The van der Waals surface area contributed by atoms with Crippen molar-refractivity contribution >= 4 is 21.9 Å². The Bertz CT molecular complexity index is 473. The molecule has 72 valence electrons. The Morgan fingerprint density at radius 1 is 1.43 bits per heavy atom. The molecule has 0 saturated heterocycles. The highest BCUT2D eigenvalue weighted by atomic mass is 79.9. The Kier molecular flexibility index (Phi) is 2.12. The van der Waals surface area contributed by atoms with E-state index in [0.29, 0.717) is 10.4 Å². The summed E-state index contributed by atoms with van der Waals surface area (Å²) in [6, 6.07) is 3.29. The third-order valence-electron chi connectivity index (χ3n) is 1.50. The van der Waals surface area contributed by atoms with Gasteiger partial charge in [0.2, 0.25) is 5.76 Å². The highest BCUT2D eigenvalue weighted by Gasteiger charge is 2.14. The van der Waals surface area contributed by atoms with Crippen LogP contribution in [0.25, 0.3) is 11.7 Å². The van der Waals surface area contributed by atoms with Crippen LogP contribution in [-0.2, 0) is 0 Å². The lowest BCUT2D eigenvalue weighted by molar-refractivity contribution is 0.0663. The Morgan fingerprint density at radius 2 is 2.21 bits per heavy atom. The Hall–Kier alpha value is -1.56. The molecular weight excluding hydrogens is 254 g/mol. The zero-order valence-electron chi connectivity index (χ0n) is 6.73. The van der Waals surface area contributed by atoms with Crippen LogP contribution in [0.15, 0.2) is 31.8 Å². The van der Waals surface area contributed by atoms with Crippen molar-refractivity contribution in [3.05, 3.63) is 28.8 Å². The second kappa shape index (κ2) is 3.30. The molecule has 14 heavy (non-hydrogen) atoms. The molecule has 0 fully saturated rings. The number of aromatic carboxylic acids is 1. The van der Waals surface area contributed by atoms with Crippen molar-refractivity contribution < 1.29 is 18.7 Å². The van der Waals surface area contributed by atoms with Gasteiger partial charge in [0.05, 0.1) is 6.20 Å². The van der Waals surface area contributed by atoms with Gasteiger partial charge in [0, 0.05) is 0 Å². The molecule has 0 amide bonds. The average Bonchev–Trinajstić information content (AvgIpc) is 2.70. The zero-order chi connectivity index (χ0) is 10.1. The van der Waals surface area contributed by atoms with Crippen molar-refractivity contribution in [1.82, 2.24) is 4.98 Å². The quantitative estimate of drug-likeness (QED) is 0.894. The normalized spacial score (nSPS) is 10.4. The second-order valence-electron chi connectivity index (χ2n) is 2.44. The van der Waals surface area contributed by atoms with Crippen molar-refractivity contribution in [3.8, 4) is 11.7 Å². The number of aromatic nitrogens is 1. The number of furan rings is 1. The van der Waals surface area contributed by atoms with E-state index in [1.165, 1.54) is 0 Å². The predicted molar refractivity (Wildman–Crippen MR) is 48.9 cm³/mol. The van der Waals surface area contributed by atoms with Gasteiger partial charge in [0.1, 0.15) is 0 Å². The molecule has 0 atom stereocenters. The Labute approximate surface area is 86.5 Å². The van der Waals surface area contributed by atoms with Crippen molar-refractivity contribution in [2.24, 2.45) is 0 Å². The summed E-state index contributed by atoms with van der Waals surface area (Å²) in [5, 5.41) is 8.58. The van der Waals surface area contributed by atoms with Crippen LogP contribution >= 0.6 is 15.9 Å². The molecule has 6 heteroatoms. The van der Waals surface area contributed by atoms with E-state index in [0.717, 1.165) is 6.20 Å². The number of rotatable bonds is 2. The fourth-order valence-electron chi connectivity index (χ4n) is 0.916. The molecule has 0 aliphatic carbocycles. The van der Waals surface area contributed by atoms with Gasteiger partial charge >= 0.3 is 5.97 Å². The number of carboxylic acid groups (broad SMARTS) is 1. The van der Waals surface area contributed by atoms with Gasteiger partial charge in [-0.3, -0.25) is 0 Å². The molecular formula is C8H4BrNO4. The first-order valence-corrected chi connectivity index (χ1v) is 4.41. The number of hydrogen-bond donors (Lipinski definition) is 1. The van der Waals surface area contributed by atoms with E-state index in [9.17, 15) is 4.79 Å². The van der Waals surface area contributed by atoms with Crippen LogP contribution in [0.5, 0.6) is 0 Å². The molecule has 0 spiro atoms. The van der Waals surface area contributed by atoms with Gasteiger partial charge in [-0.2, -0.15) is 0 Å². The minimum Gasteiger partial charge on any atom is -0.475 e. The number of carboxylic acids is 1. The lowest BCUT2D eigenvalue weighted by atomic mass is 10.4. The molecule has 2 aromatic rings. The maximum absolute atomic E-state index is 10.5. The smallest absolute Gasteiger partial charge is 0.373 e. The van der Waals surface area contributed by atoms with Gasteiger partial charge in [0.25, 0.3) is 5.89 Å². The summed E-state index contributed by atoms with van der Waals surface area (Å²) in [5.74, 6) is -0.848. The van der Waals surface area contributed by atoms with Crippen LogP contribution < -0.4 is 0 Å². The van der Waals surface area contributed by atoms with Crippen molar-refractivity contribution in [2.45, 2.75) is 0 Å². The molecule has 2 heterocycles. The fraction of sp³-hybridized carbons (Fsp3) is 0. The number of nitrogens with zero attached hydrogens (tertiary/aromatic N) is 1. The highest BCUT2D eigenvalue weighted by molar-refractivity contribution is 9.10. The molecule has 0 aliphatic heterocycles. The summed E-state index contributed by atoms with van der Waals surface area (Å²) in [6.07, 6.45) is 1.13. The largest absolute Gasteiger partial charge is 0.475 e. The Morgan fingerprint density at radius 3 is 2.71 bits per heavy atom. The minimum absolute atomic E-state index is 0.146. The van der Waals surface area contributed by atoms with Gasteiger partial charge in [0.15, 0.2) is 10.4 Å². The van der Waals surface area contributed by atoms with Crippen LogP contribution in [-0.4, -0.2) is 16.1 Å². The summed E-state index contributed by atoms with van der Waals surface area (Å²) in [5.41, 5.74) is 0.